The van der Waals surface area contributed by atoms with E-state index in [9.17, 15) is 9.18 Å². The number of aromatic nitrogens is 2. The minimum Gasteiger partial charge on any atom is -0.481 e. The zero-order valence-electron chi connectivity index (χ0n) is 9.52. The van der Waals surface area contributed by atoms with E-state index in [2.05, 4.69) is 5.10 Å². The van der Waals surface area contributed by atoms with Gasteiger partial charge in [-0.15, -0.1) is 0 Å². The van der Waals surface area contributed by atoms with E-state index in [0.29, 0.717) is 16.9 Å². The van der Waals surface area contributed by atoms with E-state index in [1.165, 1.54) is 29.1 Å². The number of rotatable bonds is 3. The third kappa shape index (κ3) is 2.36. The molecule has 0 aliphatic carbocycles. The van der Waals surface area contributed by atoms with Crippen LogP contribution >= 0.6 is 11.6 Å². The Morgan fingerprint density at radius 1 is 1.56 bits per heavy atom. The SMILES string of the molecule is Cc1c(CC(=O)O)cnn1-c1ccc(F)c(Cl)c1. The summed E-state index contributed by atoms with van der Waals surface area (Å²) < 4.78 is 14.6. The Morgan fingerprint density at radius 2 is 2.28 bits per heavy atom. The Bertz CT molecular complexity index is 610. The van der Waals surface area contributed by atoms with Crippen LogP contribution in [0.5, 0.6) is 0 Å². The molecular formula is C12H10ClFN2O2. The highest BCUT2D eigenvalue weighted by atomic mass is 35.5. The fourth-order valence-corrected chi connectivity index (χ4v) is 1.83. The summed E-state index contributed by atoms with van der Waals surface area (Å²) in [5.41, 5.74) is 1.90. The molecule has 0 fully saturated rings. The summed E-state index contributed by atoms with van der Waals surface area (Å²) in [5, 5.41) is 12.8. The number of carboxylic acid groups (broad SMARTS) is 1. The van der Waals surface area contributed by atoms with Crippen LogP contribution in [0.1, 0.15) is 11.3 Å². The summed E-state index contributed by atoms with van der Waals surface area (Å²) in [6, 6.07) is 4.23. The van der Waals surface area contributed by atoms with Gasteiger partial charge in [-0.2, -0.15) is 5.10 Å². The van der Waals surface area contributed by atoms with Gasteiger partial charge in [0.25, 0.3) is 0 Å². The van der Waals surface area contributed by atoms with Crippen molar-refractivity contribution in [2.75, 3.05) is 0 Å². The van der Waals surface area contributed by atoms with Crippen molar-refractivity contribution >= 4 is 17.6 Å². The first-order valence-electron chi connectivity index (χ1n) is 5.19. The van der Waals surface area contributed by atoms with Crippen LogP contribution < -0.4 is 0 Å². The predicted octanol–water partition coefficient (Wildman–Crippen LogP) is 2.60. The van der Waals surface area contributed by atoms with E-state index in [1.807, 2.05) is 0 Å². The van der Waals surface area contributed by atoms with Gasteiger partial charge in [0.05, 0.1) is 23.3 Å². The van der Waals surface area contributed by atoms with E-state index >= 15 is 0 Å². The number of aliphatic carboxylic acids is 1. The van der Waals surface area contributed by atoms with Crippen molar-refractivity contribution in [2.24, 2.45) is 0 Å². The number of carboxylic acids is 1. The van der Waals surface area contributed by atoms with Gasteiger partial charge in [-0.05, 0) is 25.1 Å². The first-order valence-corrected chi connectivity index (χ1v) is 5.57. The maximum absolute atomic E-state index is 13.1. The number of halogens is 2. The normalized spacial score (nSPS) is 10.6. The van der Waals surface area contributed by atoms with Crippen LogP contribution in [0.4, 0.5) is 4.39 Å². The highest BCUT2D eigenvalue weighted by Gasteiger charge is 2.12. The average molecular weight is 269 g/mol. The van der Waals surface area contributed by atoms with Crippen LogP contribution in [0.3, 0.4) is 0 Å². The zero-order valence-corrected chi connectivity index (χ0v) is 10.3. The van der Waals surface area contributed by atoms with Crippen LogP contribution in [0, 0.1) is 12.7 Å². The summed E-state index contributed by atoms with van der Waals surface area (Å²) in [4.78, 5) is 10.7. The second kappa shape index (κ2) is 4.78. The van der Waals surface area contributed by atoms with Crippen LogP contribution in [-0.2, 0) is 11.2 Å². The lowest BCUT2D eigenvalue weighted by molar-refractivity contribution is -0.136. The molecule has 18 heavy (non-hydrogen) atoms. The highest BCUT2D eigenvalue weighted by molar-refractivity contribution is 6.30. The zero-order chi connectivity index (χ0) is 13.3. The van der Waals surface area contributed by atoms with E-state index in [1.54, 1.807) is 6.92 Å². The lowest BCUT2D eigenvalue weighted by Gasteiger charge is -2.06. The van der Waals surface area contributed by atoms with Crippen molar-refractivity contribution < 1.29 is 14.3 Å². The van der Waals surface area contributed by atoms with E-state index in [0.717, 1.165) is 0 Å². The van der Waals surface area contributed by atoms with Crippen molar-refractivity contribution in [3.8, 4) is 5.69 Å². The van der Waals surface area contributed by atoms with Crippen LogP contribution in [-0.4, -0.2) is 20.9 Å². The number of hydrogen-bond acceptors (Lipinski definition) is 2. The average Bonchev–Trinajstić information content (AvgIpc) is 2.64. The molecule has 0 saturated carbocycles. The van der Waals surface area contributed by atoms with E-state index < -0.39 is 11.8 Å². The second-order valence-corrected chi connectivity index (χ2v) is 4.24. The fraction of sp³-hybridized carbons (Fsp3) is 0.167. The molecule has 1 heterocycles. The molecular weight excluding hydrogens is 259 g/mol. The van der Waals surface area contributed by atoms with Crippen molar-refractivity contribution in [3.63, 3.8) is 0 Å². The van der Waals surface area contributed by atoms with Gasteiger partial charge in [-0.1, -0.05) is 11.6 Å². The quantitative estimate of drug-likeness (QED) is 0.931. The molecule has 0 spiro atoms. The van der Waals surface area contributed by atoms with Gasteiger partial charge in [-0.3, -0.25) is 4.79 Å². The first kappa shape index (κ1) is 12.6. The molecule has 1 aromatic heterocycles. The van der Waals surface area contributed by atoms with Crippen molar-refractivity contribution in [1.29, 1.82) is 0 Å². The highest BCUT2D eigenvalue weighted by Crippen LogP contribution is 2.20. The Morgan fingerprint density at radius 3 is 2.89 bits per heavy atom. The number of carbonyl (C=O) groups is 1. The Labute approximate surface area is 108 Å². The molecule has 0 aliphatic rings. The summed E-state index contributed by atoms with van der Waals surface area (Å²) in [6.45, 7) is 1.75. The molecule has 0 radical (unpaired) electrons. The molecule has 0 saturated heterocycles. The molecule has 0 atom stereocenters. The lowest BCUT2D eigenvalue weighted by Crippen LogP contribution is -2.03. The third-order valence-corrected chi connectivity index (χ3v) is 2.89. The molecule has 6 heteroatoms. The summed E-state index contributed by atoms with van der Waals surface area (Å²) >= 11 is 5.70. The largest absolute Gasteiger partial charge is 0.481 e. The summed E-state index contributed by atoms with van der Waals surface area (Å²) in [5.74, 6) is -1.43. The molecule has 2 rings (SSSR count). The first-order chi connectivity index (χ1) is 8.49. The summed E-state index contributed by atoms with van der Waals surface area (Å²) in [7, 11) is 0. The van der Waals surface area contributed by atoms with Crippen molar-refractivity contribution in [3.05, 3.63) is 46.5 Å². The minimum atomic E-state index is -0.921. The predicted molar refractivity (Wildman–Crippen MR) is 64.6 cm³/mol. The third-order valence-electron chi connectivity index (χ3n) is 2.60. The van der Waals surface area contributed by atoms with Gasteiger partial charge in [0.1, 0.15) is 5.82 Å². The second-order valence-electron chi connectivity index (χ2n) is 3.84. The molecule has 0 amide bonds. The smallest absolute Gasteiger partial charge is 0.307 e. The van der Waals surface area contributed by atoms with Crippen molar-refractivity contribution in [1.82, 2.24) is 9.78 Å². The van der Waals surface area contributed by atoms with Gasteiger partial charge in [0, 0.05) is 11.3 Å². The van der Waals surface area contributed by atoms with Crippen molar-refractivity contribution in [2.45, 2.75) is 13.3 Å². The van der Waals surface area contributed by atoms with E-state index in [-0.39, 0.29) is 11.4 Å². The molecule has 4 nitrogen and oxygen atoms in total. The molecule has 0 aliphatic heterocycles. The topological polar surface area (TPSA) is 55.1 Å². The maximum Gasteiger partial charge on any atom is 0.307 e. The van der Waals surface area contributed by atoms with Gasteiger partial charge in [0.2, 0.25) is 0 Å². The molecule has 0 unspecified atom stereocenters. The standard InChI is InChI=1S/C12H10ClFN2O2/c1-7-8(4-12(17)18)6-15-16(7)9-2-3-11(14)10(13)5-9/h2-3,5-6H,4H2,1H3,(H,17,18). The van der Waals surface area contributed by atoms with E-state index in [4.69, 9.17) is 16.7 Å². The van der Waals surface area contributed by atoms with Crippen LogP contribution in [0.2, 0.25) is 5.02 Å². The minimum absolute atomic E-state index is 0.00202. The lowest BCUT2D eigenvalue weighted by atomic mass is 10.2. The number of hydrogen-bond donors (Lipinski definition) is 1. The van der Waals surface area contributed by atoms with Crippen LogP contribution in [0.15, 0.2) is 24.4 Å². The number of benzene rings is 1. The summed E-state index contributed by atoms with van der Waals surface area (Å²) in [6.07, 6.45) is 1.39. The van der Waals surface area contributed by atoms with Gasteiger partial charge >= 0.3 is 5.97 Å². The van der Waals surface area contributed by atoms with Gasteiger partial charge in [-0.25, -0.2) is 9.07 Å². The Hall–Kier alpha value is -1.88. The molecule has 94 valence electrons. The molecule has 1 aromatic carbocycles. The molecule has 0 bridgehead atoms. The maximum atomic E-state index is 13.1. The van der Waals surface area contributed by atoms with Gasteiger partial charge < -0.3 is 5.11 Å². The Kier molecular flexibility index (Phi) is 3.34. The molecule has 1 N–H and O–H groups in total. The number of nitrogens with zero attached hydrogens (tertiary/aromatic N) is 2. The fourth-order valence-electron chi connectivity index (χ4n) is 1.66. The molecule has 2 aromatic rings. The Balaban J connectivity index is 2.42. The van der Waals surface area contributed by atoms with Crippen LogP contribution in [0.25, 0.3) is 5.69 Å². The monoisotopic (exact) mass is 268 g/mol. The van der Waals surface area contributed by atoms with Gasteiger partial charge in [0.15, 0.2) is 0 Å².